The third-order valence-electron chi connectivity index (χ3n) is 5.49. The predicted octanol–water partition coefficient (Wildman–Crippen LogP) is 3.25. The van der Waals surface area contributed by atoms with Gasteiger partial charge in [-0.1, -0.05) is 36.4 Å². The summed E-state index contributed by atoms with van der Waals surface area (Å²) >= 11 is 0. The van der Waals surface area contributed by atoms with E-state index in [1.807, 2.05) is 26.0 Å². The first-order valence-corrected chi connectivity index (χ1v) is 12.9. The summed E-state index contributed by atoms with van der Waals surface area (Å²) < 4.78 is 23.6. The second-order valence-electron chi connectivity index (χ2n) is 8.22. The average molecular weight is 443 g/mol. The van der Waals surface area contributed by atoms with E-state index in [1.54, 1.807) is 6.07 Å². The summed E-state index contributed by atoms with van der Waals surface area (Å²) in [5.41, 5.74) is 4.30. The van der Waals surface area contributed by atoms with Crippen LogP contribution in [0.1, 0.15) is 42.0 Å². The van der Waals surface area contributed by atoms with Crippen LogP contribution in [0.15, 0.2) is 52.4 Å². The number of guanidine groups is 1. The number of hydrogen-bond acceptors (Lipinski definition) is 4. The molecule has 1 saturated heterocycles. The maximum absolute atomic E-state index is 11.8. The Hall–Kier alpha value is -2.38. The van der Waals surface area contributed by atoms with Crippen molar-refractivity contribution < 1.29 is 8.42 Å². The molecule has 1 fully saturated rings. The molecule has 1 heterocycles. The molecule has 0 saturated carbocycles. The minimum absolute atomic E-state index is 0.374. The number of likely N-dealkylation sites (tertiary alicyclic amines) is 1. The van der Waals surface area contributed by atoms with Crippen molar-refractivity contribution in [2.45, 2.75) is 51.2 Å². The first kappa shape index (κ1) is 23.3. The zero-order chi connectivity index (χ0) is 22.3. The van der Waals surface area contributed by atoms with E-state index in [2.05, 4.69) is 44.8 Å². The highest BCUT2D eigenvalue weighted by Crippen LogP contribution is 2.17. The van der Waals surface area contributed by atoms with Gasteiger partial charge in [-0.3, -0.25) is 4.90 Å². The van der Waals surface area contributed by atoms with Crippen LogP contribution in [0.4, 0.5) is 0 Å². The number of benzene rings is 2. The van der Waals surface area contributed by atoms with Gasteiger partial charge in [0.2, 0.25) is 0 Å². The van der Waals surface area contributed by atoms with Crippen LogP contribution in [0.3, 0.4) is 0 Å². The minimum atomic E-state index is -3.20. The van der Waals surface area contributed by atoms with Crippen LogP contribution in [0, 0.1) is 6.92 Å². The molecule has 2 N–H and O–H groups in total. The van der Waals surface area contributed by atoms with E-state index in [1.165, 1.54) is 43.3 Å². The highest BCUT2D eigenvalue weighted by molar-refractivity contribution is 7.90. The quantitative estimate of drug-likeness (QED) is 0.485. The zero-order valence-corrected chi connectivity index (χ0v) is 19.6. The summed E-state index contributed by atoms with van der Waals surface area (Å²) in [7, 11) is -3.20. The minimum Gasteiger partial charge on any atom is -0.357 e. The number of aliphatic imine (C=N–C) groups is 1. The maximum atomic E-state index is 11.8. The van der Waals surface area contributed by atoms with Crippen LogP contribution in [0.5, 0.6) is 0 Å². The van der Waals surface area contributed by atoms with Gasteiger partial charge in [-0.15, -0.1) is 0 Å². The van der Waals surface area contributed by atoms with Crippen LogP contribution >= 0.6 is 0 Å². The van der Waals surface area contributed by atoms with Gasteiger partial charge in [0.1, 0.15) is 0 Å². The number of nitrogens with zero attached hydrogens (tertiary/aromatic N) is 2. The number of sulfone groups is 1. The molecule has 31 heavy (non-hydrogen) atoms. The lowest BCUT2D eigenvalue weighted by Crippen LogP contribution is -2.36. The van der Waals surface area contributed by atoms with Gasteiger partial charge >= 0.3 is 0 Å². The van der Waals surface area contributed by atoms with Crippen molar-refractivity contribution in [3.8, 4) is 0 Å². The first-order valence-electron chi connectivity index (χ1n) is 11.0. The van der Waals surface area contributed by atoms with Crippen molar-refractivity contribution in [2.24, 2.45) is 4.99 Å². The summed E-state index contributed by atoms with van der Waals surface area (Å²) in [4.78, 5) is 7.54. The van der Waals surface area contributed by atoms with Gasteiger partial charge < -0.3 is 10.6 Å². The summed E-state index contributed by atoms with van der Waals surface area (Å²) in [5, 5.41) is 6.65. The van der Waals surface area contributed by atoms with Gasteiger partial charge in [-0.25, -0.2) is 13.4 Å². The normalized spacial score (nSPS) is 15.3. The summed E-state index contributed by atoms with van der Waals surface area (Å²) in [6.07, 6.45) is 3.87. The fraction of sp³-hybridized carbons (Fsp3) is 0.458. The Bertz CT molecular complexity index is 995. The molecule has 0 bridgehead atoms. The smallest absolute Gasteiger partial charge is 0.191 e. The predicted molar refractivity (Wildman–Crippen MR) is 127 cm³/mol. The molecule has 7 heteroatoms. The molecule has 0 radical (unpaired) electrons. The zero-order valence-electron chi connectivity index (χ0n) is 18.8. The monoisotopic (exact) mass is 442 g/mol. The van der Waals surface area contributed by atoms with Crippen molar-refractivity contribution >= 4 is 15.8 Å². The highest BCUT2D eigenvalue weighted by atomic mass is 32.2. The molecule has 0 amide bonds. The molecule has 2 aromatic rings. The Labute approximate surface area is 186 Å². The van der Waals surface area contributed by atoms with Crippen molar-refractivity contribution in [2.75, 3.05) is 25.9 Å². The second kappa shape index (κ2) is 10.8. The van der Waals surface area contributed by atoms with Crippen molar-refractivity contribution in [1.29, 1.82) is 0 Å². The van der Waals surface area contributed by atoms with E-state index in [4.69, 9.17) is 0 Å². The molecule has 3 rings (SSSR count). The molecule has 0 aliphatic carbocycles. The number of rotatable bonds is 8. The van der Waals surface area contributed by atoms with Crippen LogP contribution in [0.25, 0.3) is 0 Å². The molecule has 0 spiro atoms. The summed E-state index contributed by atoms with van der Waals surface area (Å²) in [6, 6.07) is 14.2. The molecule has 2 aromatic carbocycles. The highest BCUT2D eigenvalue weighted by Gasteiger charge is 2.12. The number of aryl methyl sites for hydroxylation is 1. The summed E-state index contributed by atoms with van der Waals surface area (Å²) in [5.74, 6) is 0.744. The largest absolute Gasteiger partial charge is 0.357 e. The Kier molecular flexibility index (Phi) is 8.09. The third-order valence-corrected chi connectivity index (χ3v) is 6.75. The van der Waals surface area contributed by atoms with E-state index >= 15 is 0 Å². The average Bonchev–Trinajstić information content (AvgIpc) is 3.23. The molecule has 6 nitrogen and oxygen atoms in total. The van der Waals surface area contributed by atoms with E-state index in [0.29, 0.717) is 18.0 Å². The Morgan fingerprint density at radius 3 is 2.26 bits per heavy atom. The van der Waals surface area contributed by atoms with Gasteiger partial charge in [0, 0.05) is 25.9 Å². The lowest BCUT2D eigenvalue weighted by atomic mass is 10.1. The fourth-order valence-electron chi connectivity index (χ4n) is 3.89. The van der Waals surface area contributed by atoms with Gasteiger partial charge in [0.15, 0.2) is 15.8 Å². The van der Waals surface area contributed by atoms with Crippen LogP contribution in [0.2, 0.25) is 0 Å². The maximum Gasteiger partial charge on any atom is 0.191 e. The molecule has 1 aliphatic heterocycles. The summed E-state index contributed by atoms with van der Waals surface area (Å²) in [6.45, 7) is 9.26. The lowest BCUT2D eigenvalue weighted by molar-refractivity contribution is 0.331. The number of hydrogen-bond donors (Lipinski definition) is 2. The van der Waals surface area contributed by atoms with E-state index < -0.39 is 9.84 Å². The van der Waals surface area contributed by atoms with Crippen LogP contribution in [-0.4, -0.2) is 45.2 Å². The van der Waals surface area contributed by atoms with Gasteiger partial charge in [0.25, 0.3) is 0 Å². The second-order valence-corrected chi connectivity index (χ2v) is 10.2. The molecule has 1 aliphatic rings. The van der Waals surface area contributed by atoms with Gasteiger partial charge in [-0.2, -0.15) is 0 Å². The number of nitrogens with one attached hydrogen (secondary N) is 2. The molecule has 0 aromatic heterocycles. The van der Waals surface area contributed by atoms with Gasteiger partial charge in [-0.05, 0) is 68.1 Å². The SMILES string of the molecule is CCNC(=NCc1ccc(S(C)(=O)=O)c(C)c1)NCc1ccc(CN2CCCC2)cc1. The van der Waals surface area contributed by atoms with Crippen LogP contribution < -0.4 is 10.6 Å². The molecular weight excluding hydrogens is 408 g/mol. The molecule has 168 valence electrons. The first-order chi connectivity index (χ1) is 14.8. The topological polar surface area (TPSA) is 73.8 Å². The standard InChI is InChI=1S/C24H34N4O2S/c1-4-25-24(27-17-22-11-12-23(19(2)15-22)31(3,29)30)26-16-20-7-9-21(10-8-20)18-28-13-5-6-14-28/h7-12,15H,4-6,13-14,16-18H2,1-3H3,(H2,25,26,27). The fourth-order valence-corrected chi connectivity index (χ4v) is 4.84. The van der Waals surface area contributed by atoms with Crippen molar-refractivity contribution in [1.82, 2.24) is 15.5 Å². The Morgan fingerprint density at radius 1 is 1.00 bits per heavy atom. The van der Waals surface area contributed by atoms with Crippen molar-refractivity contribution in [3.05, 3.63) is 64.7 Å². The van der Waals surface area contributed by atoms with Crippen LogP contribution in [-0.2, 0) is 29.5 Å². The van der Waals surface area contributed by atoms with E-state index in [0.717, 1.165) is 30.2 Å². The third kappa shape index (κ3) is 7.08. The Morgan fingerprint density at radius 2 is 1.65 bits per heavy atom. The van der Waals surface area contributed by atoms with E-state index in [9.17, 15) is 8.42 Å². The molecule has 0 atom stereocenters. The van der Waals surface area contributed by atoms with Gasteiger partial charge in [0.05, 0.1) is 11.4 Å². The molecule has 0 unspecified atom stereocenters. The molecular formula is C24H34N4O2S. The lowest BCUT2D eigenvalue weighted by Gasteiger charge is -2.15. The van der Waals surface area contributed by atoms with E-state index in [-0.39, 0.29) is 0 Å². The van der Waals surface area contributed by atoms with Crippen molar-refractivity contribution in [3.63, 3.8) is 0 Å². The Balaban J connectivity index is 1.57.